The van der Waals surface area contributed by atoms with Crippen molar-refractivity contribution in [1.29, 1.82) is 0 Å². The lowest BCUT2D eigenvalue weighted by Crippen LogP contribution is -2.50. The zero-order chi connectivity index (χ0) is 15.5. The number of aryl methyl sites for hydroxylation is 1. The molecule has 0 unspecified atom stereocenters. The molecule has 0 bridgehead atoms. The van der Waals surface area contributed by atoms with Gasteiger partial charge in [-0.3, -0.25) is 0 Å². The van der Waals surface area contributed by atoms with Gasteiger partial charge in [-0.2, -0.15) is 0 Å². The van der Waals surface area contributed by atoms with Gasteiger partial charge >= 0.3 is 12.0 Å². The number of carbonyl (C=O) groups excluding carboxylic acids is 1. The van der Waals surface area contributed by atoms with Crippen LogP contribution >= 0.6 is 0 Å². The monoisotopic (exact) mass is 282 g/mol. The van der Waals surface area contributed by atoms with E-state index in [1.54, 1.807) is 33.8 Å². The van der Waals surface area contributed by atoms with Gasteiger partial charge in [-0.15, -0.1) is 0 Å². The third-order valence-corrected chi connectivity index (χ3v) is 2.76. The van der Waals surface area contributed by atoms with Crippen LogP contribution in [0.4, 0.5) is 14.9 Å². The highest BCUT2D eigenvalue weighted by molar-refractivity contribution is 5.92. The van der Waals surface area contributed by atoms with E-state index >= 15 is 0 Å². The number of amides is 2. The molecule has 1 atom stereocenters. The highest BCUT2D eigenvalue weighted by Gasteiger charge is 2.32. The first kappa shape index (κ1) is 15.9. The molecule has 0 aliphatic rings. The Hall–Kier alpha value is -2.11. The number of hydrogen-bond acceptors (Lipinski definition) is 2. The lowest BCUT2D eigenvalue weighted by molar-refractivity contribution is -0.141. The average molecular weight is 282 g/mol. The Balaban J connectivity index is 2.79. The van der Waals surface area contributed by atoms with Crippen molar-refractivity contribution < 1.29 is 19.1 Å². The van der Waals surface area contributed by atoms with Crippen molar-refractivity contribution in [3.63, 3.8) is 0 Å². The van der Waals surface area contributed by atoms with Crippen molar-refractivity contribution >= 4 is 17.7 Å². The van der Waals surface area contributed by atoms with Crippen LogP contribution in [0.3, 0.4) is 0 Å². The molecule has 1 aromatic rings. The number of anilines is 1. The Morgan fingerprint density at radius 2 is 1.90 bits per heavy atom. The zero-order valence-electron chi connectivity index (χ0n) is 12.0. The number of urea groups is 1. The second-order valence-corrected chi connectivity index (χ2v) is 5.72. The number of halogens is 1. The maximum absolute atomic E-state index is 13.6. The van der Waals surface area contributed by atoms with E-state index in [4.69, 9.17) is 5.11 Å². The zero-order valence-corrected chi connectivity index (χ0v) is 12.0. The molecule has 0 heterocycles. The Labute approximate surface area is 117 Å². The van der Waals surface area contributed by atoms with Gasteiger partial charge in [-0.25, -0.2) is 14.0 Å². The SMILES string of the molecule is Cc1ccc(NC(=O)N[C@@H](C(=O)O)C(C)(C)C)c(F)c1. The molecular formula is C14H19FN2O3. The van der Waals surface area contributed by atoms with Crippen LogP contribution in [0.15, 0.2) is 18.2 Å². The molecule has 0 aliphatic carbocycles. The van der Waals surface area contributed by atoms with Gasteiger partial charge in [-0.05, 0) is 30.0 Å². The first-order chi connectivity index (χ1) is 9.11. The second kappa shape index (κ2) is 5.90. The minimum Gasteiger partial charge on any atom is -0.480 e. The smallest absolute Gasteiger partial charge is 0.326 e. The van der Waals surface area contributed by atoms with E-state index in [1.165, 1.54) is 12.1 Å². The Kier molecular flexibility index (Phi) is 4.70. The molecule has 20 heavy (non-hydrogen) atoms. The van der Waals surface area contributed by atoms with Gasteiger partial charge in [0.1, 0.15) is 11.9 Å². The summed E-state index contributed by atoms with van der Waals surface area (Å²) in [5, 5.41) is 13.7. The summed E-state index contributed by atoms with van der Waals surface area (Å²) in [7, 11) is 0. The minimum absolute atomic E-state index is 0.00569. The fourth-order valence-electron chi connectivity index (χ4n) is 1.66. The van der Waals surface area contributed by atoms with E-state index in [0.29, 0.717) is 0 Å². The van der Waals surface area contributed by atoms with Crippen LogP contribution in [0, 0.1) is 18.2 Å². The topological polar surface area (TPSA) is 78.4 Å². The molecule has 1 aromatic carbocycles. The van der Waals surface area contributed by atoms with Gasteiger partial charge in [0.2, 0.25) is 0 Å². The van der Waals surface area contributed by atoms with Crippen LogP contribution in [-0.4, -0.2) is 23.1 Å². The number of carbonyl (C=O) groups is 2. The van der Waals surface area contributed by atoms with Crippen LogP contribution in [0.1, 0.15) is 26.3 Å². The van der Waals surface area contributed by atoms with E-state index in [2.05, 4.69) is 10.6 Å². The van der Waals surface area contributed by atoms with Gasteiger partial charge in [-0.1, -0.05) is 26.8 Å². The maximum Gasteiger partial charge on any atom is 0.326 e. The quantitative estimate of drug-likeness (QED) is 0.797. The highest BCUT2D eigenvalue weighted by Crippen LogP contribution is 2.20. The first-order valence-electron chi connectivity index (χ1n) is 6.17. The number of carboxylic acids is 1. The summed E-state index contributed by atoms with van der Waals surface area (Å²) in [6.07, 6.45) is 0. The summed E-state index contributed by atoms with van der Waals surface area (Å²) < 4.78 is 13.6. The summed E-state index contributed by atoms with van der Waals surface area (Å²) in [6.45, 7) is 6.81. The van der Waals surface area contributed by atoms with Crippen molar-refractivity contribution in [3.05, 3.63) is 29.6 Å². The molecule has 0 spiro atoms. The summed E-state index contributed by atoms with van der Waals surface area (Å²) >= 11 is 0. The molecule has 0 radical (unpaired) electrons. The molecule has 1 rings (SSSR count). The fraction of sp³-hybridized carbons (Fsp3) is 0.429. The number of carboxylic acid groups (broad SMARTS) is 1. The number of benzene rings is 1. The highest BCUT2D eigenvalue weighted by atomic mass is 19.1. The standard InChI is InChI=1S/C14H19FN2O3/c1-8-5-6-10(9(15)7-8)16-13(20)17-11(12(18)19)14(2,3)4/h5-7,11H,1-4H3,(H,18,19)(H2,16,17,20)/t11-/m0/s1. The van der Waals surface area contributed by atoms with Crippen LogP contribution in [-0.2, 0) is 4.79 Å². The van der Waals surface area contributed by atoms with Crippen molar-refractivity contribution in [1.82, 2.24) is 5.32 Å². The molecular weight excluding hydrogens is 263 g/mol. The van der Waals surface area contributed by atoms with Crippen LogP contribution < -0.4 is 10.6 Å². The predicted octanol–water partition coefficient (Wildman–Crippen LogP) is 2.75. The van der Waals surface area contributed by atoms with Gasteiger partial charge in [0.25, 0.3) is 0 Å². The normalized spacial score (nSPS) is 12.7. The summed E-state index contributed by atoms with van der Waals surface area (Å²) in [5.74, 6) is -1.71. The molecule has 0 saturated carbocycles. The molecule has 5 nitrogen and oxygen atoms in total. The third kappa shape index (κ3) is 4.22. The Bertz CT molecular complexity index is 524. The number of rotatable bonds is 3. The molecule has 2 amide bonds. The molecule has 0 fully saturated rings. The summed E-state index contributed by atoms with van der Waals surface area (Å²) in [4.78, 5) is 22.9. The largest absolute Gasteiger partial charge is 0.480 e. The Morgan fingerprint density at radius 3 is 2.35 bits per heavy atom. The number of hydrogen-bond donors (Lipinski definition) is 3. The summed E-state index contributed by atoms with van der Waals surface area (Å²) in [6, 6.07) is 2.54. The molecule has 0 saturated heterocycles. The molecule has 0 aromatic heterocycles. The lowest BCUT2D eigenvalue weighted by Gasteiger charge is -2.27. The van der Waals surface area contributed by atoms with Gasteiger partial charge in [0.15, 0.2) is 0 Å². The lowest BCUT2D eigenvalue weighted by atomic mass is 9.87. The molecule has 3 N–H and O–H groups in total. The molecule has 6 heteroatoms. The van der Waals surface area contributed by atoms with Crippen LogP contribution in [0.5, 0.6) is 0 Å². The number of nitrogens with one attached hydrogen (secondary N) is 2. The van der Waals surface area contributed by atoms with Gasteiger partial charge in [0, 0.05) is 0 Å². The van der Waals surface area contributed by atoms with E-state index < -0.39 is 29.3 Å². The third-order valence-electron chi connectivity index (χ3n) is 2.76. The minimum atomic E-state index is -1.14. The van der Waals surface area contributed by atoms with E-state index in [0.717, 1.165) is 5.56 Å². The Morgan fingerprint density at radius 1 is 1.30 bits per heavy atom. The van der Waals surface area contributed by atoms with Crippen molar-refractivity contribution in [2.45, 2.75) is 33.7 Å². The van der Waals surface area contributed by atoms with Gasteiger partial charge < -0.3 is 15.7 Å². The molecule has 0 aliphatic heterocycles. The van der Waals surface area contributed by atoms with Crippen molar-refractivity contribution in [3.8, 4) is 0 Å². The van der Waals surface area contributed by atoms with Crippen molar-refractivity contribution in [2.24, 2.45) is 5.41 Å². The van der Waals surface area contributed by atoms with E-state index in [9.17, 15) is 14.0 Å². The first-order valence-corrected chi connectivity index (χ1v) is 6.17. The average Bonchev–Trinajstić information content (AvgIpc) is 2.28. The second-order valence-electron chi connectivity index (χ2n) is 5.72. The van der Waals surface area contributed by atoms with Crippen LogP contribution in [0.25, 0.3) is 0 Å². The molecule has 110 valence electrons. The van der Waals surface area contributed by atoms with Gasteiger partial charge in [0.05, 0.1) is 5.69 Å². The van der Waals surface area contributed by atoms with E-state index in [1.807, 2.05) is 0 Å². The van der Waals surface area contributed by atoms with Crippen LogP contribution in [0.2, 0.25) is 0 Å². The predicted molar refractivity (Wildman–Crippen MR) is 74.2 cm³/mol. The maximum atomic E-state index is 13.6. The number of aliphatic carboxylic acids is 1. The fourth-order valence-corrected chi connectivity index (χ4v) is 1.66. The summed E-state index contributed by atoms with van der Waals surface area (Å²) in [5.41, 5.74) is 0.0762. The van der Waals surface area contributed by atoms with Crippen molar-refractivity contribution in [2.75, 3.05) is 5.32 Å². The van der Waals surface area contributed by atoms with E-state index in [-0.39, 0.29) is 5.69 Å².